The van der Waals surface area contributed by atoms with Crippen LogP contribution in [0, 0.1) is 5.41 Å². The Morgan fingerprint density at radius 3 is 2.70 bits per heavy atom. The van der Waals surface area contributed by atoms with E-state index in [1.54, 1.807) is 18.2 Å². The lowest BCUT2D eigenvalue weighted by atomic mass is 9.79. The highest BCUT2D eigenvalue weighted by molar-refractivity contribution is 8.00. The monoisotopic (exact) mass is 396 g/mol. The number of amides is 1. The van der Waals surface area contributed by atoms with Crippen LogP contribution in [-0.2, 0) is 4.79 Å². The predicted octanol–water partition coefficient (Wildman–Crippen LogP) is 4.48. The van der Waals surface area contributed by atoms with Crippen molar-refractivity contribution in [2.45, 2.75) is 43.4 Å². The van der Waals surface area contributed by atoms with E-state index in [4.69, 9.17) is 28.9 Å². The highest BCUT2D eigenvalue weighted by Crippen LogP contribution is 2.34. The molecule has 1 amide bonds. The SMILES string of the molecule is CC(Sc1cc(Cl)ccc1Cl)C(=O)N1CCC(N)C(C)(C)C1.Cl. The third-order valence-electron chi connectivity index (χ3n) is 4.17. The number of piperidine rings is 1. The first-order valence-electron chi connectivity index (χ1n) is 7.37. The van der Waals surface area contributed by atoms with Crippen LogP contribution in [0.25, 0.3) is 0 Å². The molecule has 3 nitrogen and oxygen atoms in total. The Balaban J connectivity index is 0.00000264. The van der Waals surface area contributed by atoms with Gasteiger partial charge in [-0.25, -0.2) is 0 Å². The zero-order valence-electron chi connectivity index (χ0n) is 13.5. The van der Waals surface area contributed by atoms with Crippen LogP contribution in [0.5, 0.6) is 0 Å². The molecule has 130 valence electrons. The summed E-state index contributed by atoms with van der Waals surface area (Å²) in [4.78, 5) is 15.4. The van der Waals surface area contributed by atoms with Gasteiger partial charge in [-0.2, -0.15) is 0 Å². The number of benzene rings is 1. The van der Waals surface area contributed by atoms with Crippen LogP contribution in [0.4, 0.5) is 0 Å². The zero-order valence-corrected chi connectivity index (χ0v) is 16.7. The van der Waals surface area contributed by atoms with Crippen molar-refractivity contribution >= 4 is 53.3 Å². The van der Waals surface area contributed by atoms with Crippen molar-refractivity contribution in [2.24, 2.45) is 11.1 Å². The zero-order chi connectivity index (χ0) is 16.5. The van der Waals surface area contributed by atoms with Crippen molar-refractivity contribution in [1.82, 2.24) is 4.90 Å². The number of carbonyl (C=O) groups excluding carboxylic acids is 1. The standard InChI is InChI=1S/C16H22Cl2N2OS.ClH/c1-10(22-13-8-11(17)4-5-12(13)18)15(21)20-7-6-14(19)16(2,3)9-20;/h4-5,8,10,14H,6-7,9,19H2,1-3H3;1H. The van der Waals surface area contributed by atoms with E-state index in [0.29, 0.717) is 16.6 Å². The average molecular weight is 398 g/mol. The number of thioether (sulfide) groups is 1. The second kappa shape index (κ2) is 8.30. The van der Waals surface area contributed by atoms with Crippen LogP contribution in [0.1, 0.15) is 27.2 Å². The fourth-order valence-corrected chi connectivity index (χ4v) is 4.12. The van der Waals surface area contributed by atoms with Gasteiger partial charge in [-0.1, -0.05) is 37.0 Å². The molecule has 7 heteroatoms. The minimum absolute atomic E-state index is 0. The number of nitrogens with zero attached hydrogens (tertiary/aromatic N) is 1. The first kappa shape index (κ1) is 20.9. The Morgan fingerprint density at radius 2 is 2.09 bits per heavy atom. The van der Waals surface area contributed by atoms with Crippen molar-refractivity contribution < 1.29 is 4.79 Å². The van der Waals surface area contributed by atoms with Gasteiger partial charge in [0.25, 0.3) is 0 Å². The Labute approximate surface area is 158 Å². The summed E-state index contributed by atoms with van der Waals surface area (Å²) in [5.41, 5.74) is 6.09. The van der Waals surface area contributed by atoms with Crippen molar-refractivity contribution in [3.05, 3.63) is 28.2 Å². The summed E-state index contributed by atoms with van der Waals surface area (Å²) < 4.78 is 0. The molecule has 2 rings (SSSR count). The van der Waals surface area contributed by atoms with Crippen LogP contribution in [0.2, 0.25) is 10.0 Å². The molecule has 0 saturated carbocycles. The molecule has 1 aliphatic heterocycles. The van der Waals surface area contributed by atoms with Gasteiger partial charge in [0.1, 0.15) is 0 Å². The van der Waals surface area contributed by atoms with Crippen molar-refractivity contribution in [1.29, 1.82) is 0 Å². The first-order chi connectivity index (χ1) is 10.2. The summed E-state index contributed by atoms with van der Waals surface area (Å²) in [5, 5.41) is 1.03. The van der Waals surface area contributed by atoms with Gasteiger partial charge in [-0.15, -0.1) is 24.2 Å². The minimum Gasteiger partial charge on any atom is -0.341 e. The molecule has 1 saturated heterocycles. The third-order valence-corrected chi connectivity index (χ3v) is 5.99. The Kier molecular flexibility index (Phi) is 7.55. The molecule has 0 spiro atoms. The fraction of sp³-hybridized carbons (Fsp3) is 0.562. The third kappa shape index (κ3) is 5.17. The number of likely N-dealkylation sites (tertiary alicyclic amines) is 1. The van der Waals surface area contributed by atoms with E-state index in [0.717, 1.165) is 17.9 Å². The summed E-state index contributed by atoms with van der Waals surface area (Å²) in [6.45, 7) is 7.55. The van der Waals surface area contributed by atoms with E-state index in [-0.39, 0.29) is 35.0 Å². The lowest BCUT2D eigenvalue weighted by Gasteiger charge is -2.43. The molecule has 23 heavy (non-hydrogen) atoms. The number of rotatable bonds is 3. The molecule has 1 aromatic carbocycles. The largest absolute Gasteiger partial charge is 0.341 e. The maximum atomic E-state index is 12.7. The summed E-state index contributed by atoms with van der Waals surface area (Å²) in [5.74, 6) is 0.126. The van der Waals surface area contributed by atoms with Crippen molar-refractivity contribution in [3.63, 3.8) is 0 Å². The van der Waals surface area contributed by atoms with Gasteiger partial charge in [-0.3, -0.25) is 4.79 Å². The Morgan fingerprint density at radius 1 is 1.43 bits per heavy atom. The molecule has 0 bridgehead atoms. The fourth-order valence-electron chi connectivity index (χ4n) is 2.63. The van der Waals surface area contributed by atoms with Crippen LogP contribution in [0.3, 0.4) is 0 Å². The lowest BCUT2D eigenvalue weighted by Crippen LogP contribution is -2.55. The van der Waals surface area contributed by atoms with E-state index >= 15 is 0 Å². The molecule has 1 aromatic rings. The number of nitrogens with two attached hydrogens (primary N) is 1. The summed E-state index contributed by atoms with van der Waals surface area (Å²) in [6.07, 6.45) is 0.841. The van der Waals surface area contributed by atoms with Crippen LogP contribution < -0.4 is 5.73 Å². The van der Waals surface area contributed by atoms with Crippen LogP contribution in [-0.4, -0.2) is 35.2 Å². The van der Waals surface area contributed by atoms with E-state index in [1.165, 1.54) is 11.8 Å². The maximum absolute atomic E-state index is 12.7. The second-order valence-corrected chi connectivity index (χ2v) is 8.70. The molecular weight excluding hydrogens is 375 g/mol. The quantitative estimate of drug-likeness (QED) is 0.765. The normalized spacial score (nSPS) is 21.5. The van der Waals surface area contributed by atoms with Gasteiger partial charge in [0.05, 0.1) is 10.3 Å². The Hall–Kier alpha value is -0.130. The molecule has 0 aliphatic carbocycles. The van der Waals surface area contributed by atoms with E-state index in [1.807, 2.05) is 11.8 Å². The van der Waals surface area contributed by atoms with E-state index in [2.05, 4.69) is 13.8 Å². The molecule has 0 radical (unpaired) electrons. The molecule has 0 aromatic heterocycles. The van der Waals surface area contributed by atoms with Gasteiger partial charge < -0.3 is 10.6 Å². The lowest BCUT2D eigenvalue weighted by molar-refractivity contribution is -0.133. The van der Waals surface area contributed by atoms with E-state index < -0.39 is 0 Å². The highest BCUT2D eigenvalue weighted by Gasteiger charge is 2.36. The van der Waals surface area contributed by atoms with Crippen LogP contribution >= 0.6 is 47.4 Å². The smallest absolute Gasteiger partial charge is 0.235 e. The maximum Gasteiger partial charge on any atom is 0.235 e. The number of hydrogen-bond donors (Lipinski definition) is 1. The molecule has 1 aliphatic rings. The number of halogens is 3. The van der Waals surface area contributed by atoms with Crippen molar-refractivity contribution in [3.8, 4) is 0 Å². The minimum atomic E-state index is -0.207. The molecule has 1 fully saturated rings. The van der Waals surface area contributed by atoms with Gasteiger partial charge in [0.2, 0.25) is 5.91 Å². The Bertz CT molecular complexity index is 568. The van der Waals surface area contributed by atoms with Gasteiger partial charge in [0.15, 0.2) is 0 Å². The van der Waals surface area contributed by atoms with Crippen LogP contribution in [0.15, 0.2) is 23.1 Å². The summed E-state index contributed by atoms with van der Waals surface area (Å²) >= 11 is 13.6. The molecule has 1 heterocycles. The van der Waals surface area contributed by atoms with Gasteiger partial charge >= 0.3 is 0 Å². The number of carbonyl (C=O) groups is 1. The number of hydrogen-bond acceptors (Lipinski definition) is 3. The highest BCUT2D eigenvalue weighted by atomic mass is 35.5. The van der Waals surface area contributed by atoms with E-state index in [9.17, 15) is 4.79 Å². The first-order valence-corrected chi connectivity index (χ1v) is 9.00. The topological polar surface area (TPSA) is 46.3 Å². The predicted molar refractivity (Wildman–Crippen MR) is 102 cm³/mol. The van der Waals surface area contributed by atoms with Gasteiger partial charge in [-0.05, 0) is 37.0 Å². The molecule has 2 unspecified atom stereocenters. The summed E-state index contributed by atoms with van der Waals surface area (Å²) in [6, 6.07) is 5.44. The summed E-state index contributed by atoms with van der Waals surface area (Å²) in [7, 11) is 0. The molecule has 2 atom stereocenters. The second-order valence-electron chi connectivity index (χ2n) is 6.48. The average Bonchev–Trinajstić information content (AvgIpc) is 2.45. The molecule has 2 N–H and O–H groups in total. The van der Waals surface area contributed by atoms with Crippen molar-refractivity contribution in [2.75, 3.05) is 13.1 Å². The van der Waals surface area contributed by atoms with Gasteiger partial charge in [0, 0.05) is 29.0 Å². The molecular formula is C16H23Cl3N2OS.